The second-order valence-corrected chi connectivity index (χ2v) is 5.48. The first-order valence-corrected chi connectivity index (χ1v) is 8.83. The molecule has 0 aliphatic heterocycles. The first-order chi connectivity index (χ1) is 10.8. The van der Waals surface area contributed by atoms with E-state index in [-0.39, 0.29) is 0 Å². The molecule has 0 aliphatic rings. The Morgan fingerprint density at radius 1 is 0.909 bits per heavy atom. The van der Waals surface area contributed by atoms with Crippen molar-refractivity contribution in [2.45, 2.75) is 77.6 Å². The molecule has 0 N–H and O–H groups in total. The zero-order valence-electron chi connectivity index (χ0n) is 14.3. The van der Waals surface area contributed by atoms with Gasteiger partial charge in [0.2, 0.25) is 0 Å². The van der Waals surface area contributed by atoms with Crippen LogP contribution in [0.25, 0.3) is 0 Å². The van der Waals surface area contributed by atoms with Gasteiger partial charge in [0.1, 0.15) is 0 Å². The molecular weight excluding hydrogens is 276 g/mol. The van der Waals surface area contributed by atoms with Gasteiger partial charge in [-0.25, -0.2) is 4.79 Å². The lowest BCUT2D eigenvalue weighted by atomic mass is 10.2. The Morgan fingerprint density at radius 3 is 2.32 bits per heavy atom. The minimum absolute atomic E-state index is 0.391. The molecule has 3 heteroatoms. The topological polar surface area (TPSA) is 35.5 Å². The van der Waals surface area contributed by atoms with Gasteiger partial charge in [-0.05, 0) is 25.7 Å². The van der Waals surface area contributed by atoms with E-state index in [9.17, 15) is 4.79 Å². The molecule has 0 unspecified atom stereocenters. The molecule has 0 aliphatic carbocycles. The highest BCUT2D eigenvalue weighted by molar-refractivity contribution is 5.88. The molecule has 22 heavy (non-hydrogen) atoms. The first kappa shape index (κ1) is 21.0. The van der Waals surface area contributed by atoms with E-state index in [0.717, 1.165) is 58.2 Å². The Kier molecular flexibility index (Phi) is 17.2. The van der Waals surface area contributed by atoms with Crippen LogP contribution in [0.15, 0.2) is 0 Å². The molecule has 0 aromatic heterocycles. The van der Waals surface area contributed by atoms with Crippen molar-refractivity contribution in [2.75, 3.05) is 19.8 Å². The monoisotopic (exact) mass is 309 g/mol. The molecule has 0 aromatic carbocycles. The van der Waals surface area contributed by atoms with E-state index in [2.05, 4.69) is 25.7 Å². The summed E-state index contributed by atoms with van der Waals surface area (Å²) in [4.78, 5) is 11.3. The number of unbranched alkanes of at least 4 members (excludes halogenated alkanes) is 8. The quantitative estimate of drug-likeness (QED) is 0.202. The van der Waals surface area contributed by atoms with Crippen molar-refractivity contribution in [3.05, 3.63) is 6.92 Å². The number of ether oxygens (including phenoxy) is 2. The third kappa shape index (κ3) is 17.0. The highest BCUT2D eigenvalue weighted by atomic mass is 16.5. The second kappa shape index (κ2) is 18.0. The lowest BCUT2D eigenvalue weighted by Gasteiger charge is -2.02. The van der Waals surface area contributed by atoms with Gasteiger partial charge in [-0.1, -0.05) is 58.3 Å². The normalized spacial score (nSPS) is 10.1. The highest BCUT2D eigenvalue weighted by Gasteiger charge is 1.96. The minimum Gasteiger partial charge on any atom is -0.456 e. The Hall–Kier alpha value is -1.01. The maximum atomic E-state index is 11.3. The van der Waals surface area contributed by atoms with E-state index in [4.69, 9.17) is 9.47 Å². The number of hydrogen-bond acceptors (Lipinski definition) is 3. The van der Waals surface area contributed by atoms with Gasteiger partial charge >= 0.3 is 5.97 Å². The Balaban J connectivity index is 3.28. The van der Waals surface area contributed by atoms with Gasteiger partial charge in [-0.2, -0.15) is 0 Å². The number of esters is 1. The molecule has 0 aromatic rings. The van der Waals surface area contributed by atoms with E-state index in [1.54, 1.807) is 0 Å². The SMILES string of the molecule is [CH2]CCCCCOCCCCC#CC(=O)OCCCCCC. The number of hydrogen-bond donors (Lipinski definition) is 0. The van der Waals surface area contributed by atoms with E-state index < -0.39 is 5.97 Å². The fourth-order valence-electron chi connectivity index (χ4n) is 1.94. The zero-order chi connectivity index (χ0) is 16.3. The van der Waals surface area contributed by atoms with Crippen molar-refractivity contribution >= 4 is 5.97 Å². The minimum atomic E-state index is -0.391. The molecule has 0 saturated carbocycles. The summed E-state index contributed by atoms with van der Waals surface area (Å²) < 4.78 is 10.6. The van der Waals surface area contributed by atoms with E-state index in [1.807, 2.05) is 0 Å². The van der Waals surface area contributed by atoms with Crippen molar-refractivity contribution in [3.63, 3.8) is 0 Å². The molecule has 0 rings (SSSR count). The van der Waals surface area contributed by atoms with E-state index in [0.29, 0.717) is 6.61 Å². The summed E-state index contributed by atoms with van der Waals surface area (Å²) in [6, 6.07) is 0. The van der Waals surface area contributed by atoms with Crippen molar-refractivity contribution in [2.24, 2.45) is 0 Å². The van der Waals surface area contributed by atoms with Crippen LogP contribution in [0, 0.1) is 18.8 Å². The fraction of sp³-hybridized carbons (Fsp3) is 0.789. The summed E-state index contributed by atoms with van der Waals surface area (Å²) in [6.07, 6.45) is 11.7. The Bertz CT molecular complexity index is 302. The lowest BCUT2D eigenvalue weighted by molar-refractivity contribution is -0.136. The summed E-state index contributed by atoms with van der Waals surface area (Å²) in [5.74, 6) is 5.02. The van der Waals surface area contributed by atoms with Crippen LogP contribution in [0.5, 0.6) is 0 Å². The van der Waals surface area contributed by atoms with Gasteiger partial charge in [0, 0.05) is 25.6 Å². The molecule has 0 saturated heterocycles. The maximum absolute atomic E-state index is 11.3. The standard InChI is InChI=1S/C19H33O3/c1-3-5-7-12-16-21-17-13-10-9-11-15-19(20)22-18-14-8-6-4-2/h1,3-10,12-14,16-18H2,2H3. The van der Waals surface area contributed by atoms with Crippen LogP contribution >= 0.6 is 0 Å². The molecule has 3 nitrogen and oxygen atoms in total. The predicted octanol–water partition coefficient (Wildman–Crippen LogP) is 4.69. The van der Waals surface area contributed by atoms with Crippen LogP contribution in [-0.2, 0) is 14.3 Å². The summed E-state index contributed by atoms with van der Waals surface area (Å²) in [7, 11) is 0. The Labute approximate surface area is 137 Å². The van der Waals surface area contributed by atoms with Crippen LogP contribution in [0.2, 0.25) is 0 Å². The van der Waals surface area contributed by atoms with Crippen LogP contribution in [0.4, 0.5) is 0 Å². The van der Waals surface area contributed by atoms with E-state index in [1.165, 1.54) is 25.7 Å². The van der Waals surface area contributed by atoms with Crippen LogP contribution in [-0.4, -0.2) is 25.8 Å². The van der Waals surface area contributed by atoms with Crippen LogP contribution in [0.1, 0.15) is 77.6 Å². The molecule has 0 atom stereocenters. The second-order valence-electron chi connectivity index (χ2n) is 5.48. The van der Waals surface area contributed by atoms with Gasteiger partial charge in [0.15, 0.2) is 0 Å². The molecule has 0 heterocycles. The van der Waals surface area contributed by atoms with Crippen molar-refractivity contribution in [3.8, 4) is 11.8 Å². The molecule has 0 fully saturated rings. The summed E-state index contributed by atoms with van der Waals surface area (Å²) in [5, 5.41) is 0. The average Bonchev–Trinajstić information content (AvgIpc) is 2.52. The highest BCUT2D eigenvalue weighted by Crippen LogP contribution is 2.01. The summed E-state index contributed by atoms with van der Waals surface area (Å²) in [5.41, 5.74) is 0. The van der Waals surface area contributed by atoms with Crippen LogP contribution < -0.4 is 0 Å². The average molecular weight is 309 g/mol. The summed E-state index contributed by atoms with van der Waals surface area (Å²) in [6.45, 7) is 8.10. The van der Waals surface area contributed by atoms with Gasteiger partial charge in [0.25, 0.3) is 0 Å². The molecule has 127 valence electrons. The van der Waals surface area contributed by atoms with E-state index >= 15 is 0 Å². The van der Waals surface area contributed by atoms with Crippen molar-refractivity contribution in [1.82, 2.24) is 0 Å². The number of carbonyl (C=O) groups excluding carboxylic acids is 1. The molecular formula is C19H33O3. The lowest BCUT2D eigenvalue weighted by Crippen LogP contribution is -2.02. The van der Waals surface area contributed by atoms with Crippen molar-refractivity contribution in [1.29, 1.82) is 0 Å². The molecule has 0 amide bonds. The maximum Gasteiger partial charge on any atom is 0.384 e. The Morgan fingerprint density at radius 2 is 1.59 bits per heavy atom. The smallest absolute Gasteiger partial charge is 0.384 e. The third-order valence-corrected chi connectivity index (χ3v) is 3.30. The number of carbonyl (C=O) groups is 1. The third-order valence-electron chi connectivity index (χ3n) is 3.30. The van der Waals surface area contributed by atoms with Crippen LogP contribution in [0.3, 0.4) is 0 Å². The molecule has 1 radical (unpaired) electrons. The van der Waals surface area contributed by atoms with Gasteiger partial charge in [0.05, 0.1) is 6.61 Å². The van der Waals surface area contributed by atoms with Gasteiger partial charge in [-0.15, -0.1) is 0 Å². The summed E-state index contributed by atoms with van der Waals surface area (Å²) >= 11 is 0. The first-order valence-electron chi connectivity index (χ1n) is 8.83. The predicted molar refractivity (Wildman–Crippen MR) is 91.4 cm³/mol. The molecule has 0 bridgehead atoms. The van der Waals surface area contributed by atoms with Crippen molar-refractivity contribution < 1.29 is 14.3 Å². The number of rotatable bonds is 14. The van der Waals surface area contributed by atoms with Gasteiger partial charge in [-0.3, -0.25) is 0 Å². The zero-order valence-corrected chi connectivity index (χ0v) is 14.3. The largest absolute Gasteiger partial charge is 0.456 e. The van der Waals surface area contributed by atoms with Gasteiger partial charge < -0.3 is 9.47 Å². The fourth-order valence-corrected chi connectivity index (χ4v) is 1.94. The molecule has 0 spiro atoms.